The van der Waals surface area contributed by atoms with E-state index in [-0.39, 0.29) is 0 Å². The first-order valence-electron chi connectivity index (χ1n) is 7.93. The number of hydrogen-bond acceptors (Lipinski definition) is 3. The maximum Gasteiger partial charge on any atom is 0.244 e. The van der Waals surface area contributed by atoms with Crippen molar-refractivity contribution in [3.8, 4) is 0 Å². The van der Waals surface area contributed by atoms with Crippen LogP contribution in [0.5, 0.6) is 0 Å². The molecule has 2 N–H and O–H groups in total. The predicted molar refractivity (Wildman–Crippen MR) is 82.4 cm³/mol. The molecule has 0 amide bonds. The highest BCUT2D eigenvalue weighted by molar-refractivity contribution is 7.89. The largest absolute Gasteiger partial charge is 0.346 e. The summed E-state index contributed by atoms with van der Waals surface area (Å²) >= 11 is 0. The Bertz CT molecular complexity index is 604. The van der Waals surface area contributed by atoms with Gasteiger partial charge in [0.15, 0.2) is 0 Å². The van der Waals surface area contributed by atoms with Crippen LogP contribution in [0.15, 0.2) is 17.2 Å². The van der Waals surface area contributed by atoms with Crippen molar-refractivity contribution >= 4 is 10.0 Å². The van der Waals surface area contributed by atoms with Crippen LogP contribution in [-0.2, 0) is 16.6 Å². The highest BCUT2D eigenvalue weighted by Gasteiger charge is 2.31. The van der Waals surface area contributed by atoms with E-state index in [9.17, 15) is 8.42 Å². The van der Waals surface area contributed by atoms with Crippen LogP contribution >= 0.6 is 0 Å². The first-order valence-corrected chi connectivity index (χ1v) is 9.37. The van der Waals surface area contributed by atoms with Crippen LogP contribution in [0.4, 0.5) is 0 Å². The lowest BCUT2D eigenvalue weighted by Gasteiger charge is -2.19. The van der Waals surface area contributed by atoms with Crippen molar-refractivity contribution in [3.05, 3.63) is 18.0 Å². The van der Waals surface area contributed by atoms with E-state index < -0.39 is 10.0 Å². The van der Waals surface area contributed by atoms with Crippen LogP contribution in [0.25, 0.3) is 0 Å². The Balaban J connectivity index is 1.87. The zero-order valence-electron chi connectivity index (χ0n) is 12.7. The molecular weight excluding hydrogens is 286 g/mol. The minimum absolute atomic E-state index is 0.392. The van der Waals surface area contributed by atoms with Gasteiger partial charge in [-0.25, -0.2) is 8.42 Å². The molecule has 3 rings (SSSR count). The van der Waals surface area contributed by atoms with E-state index in [2.05, 4.69) is 11.5 Å². The molecule has 0 spiro atoms. The van der Waals surface area contributed by atoms with Gasteiger partial charge in [-0.1, -0.05) is 6.92 Å². The summed E-state index contributed by atoms with van der Waals surface area (Å²) in [6, 6.07) is 2.22. The molecule has 2 heterocycles. The van der Waals surface area contributed by atoms with Crippen LogP contribution in [0, 0.1) is 5.92 Å². The van der Waals surface area contributed by atoms with E-state index >= 15 is 0 Å². The van der Waals surface area contributed by atoms with E-state index in [0.717, 1.165) is 37.8 Å². The van der Waals surface area contributed by atoms with E-state index in [1.54, 1.807) is 16.6 Å². The second kappa shape index (κ2) is 5.74. The second-order valence-electron chi connectivity index (χ2n) is 6.45. The molecule has 6 heteroatoms. The third-order valence-electron chi connectivity index (χ3n) is 4.67. The van der Waals surface area contributed by atoms with Crippen LogP contribution in [0.1, 0.15) is 50.8 Å². The van der Waals surface area contributed by atoms with Gasteiger partial charge in [-0.2, -0.15) is 4.31 Å². The number of nitrogens with two attached hydrogens (primary N) is 1. The molecule has 21 heavy (non-hydrogen) atoms. The Hall–Kier alpha value is -0.850. The summed E-state index contributed by atoms with van der Waals surface area (Å²) < 4.78 is 29.4. The Kier molecular flexibility index (Phi) is 4.12. The average Bonchev–Trinajstić information content (AvgIpc) is 3.23. The first-order chi connectivity index (χ1) is 10.0. The molecule has 5 nitrogen and oxygen atoms in total. The van der Waals surface area contributed by atoms with Gasteiger partial charge in [0.2, 0.25) is 10.0 Å². The molecule has 2 fully saturated rings. The van der Waals surface area contributed by atoms with E-state index in [1.165, 1.54) is 0 Å². The number of sulfonamides is 1. The van der Waals surface area contributed by atoms with Crippen molar-refractivity contribution < 1.29 is 8.42 Å². The fraction of sp³-hybridized carbons (Fsp3) is 0.733. The molecule has 2 aliphatic rings. The van der Waals surface area contributed by atoms with Crippen molar-refractivity contribution in [1.82, 2.24) is 8.87 Å². The quantitative estimate of drug-likeness (QED) is 0.926. The third kappa shape index (κ3) is 3.03. The summed E-state index contributed by atoms with van der Waals surface area (Å²) in [6.07, 6.45) is 7.07. The predicted octanol–water partition coefficient (Wildman–Crippen LogP) is 2.09. The number of rotatable bonds is 4. The van der Waals surface area contributed by atoms with Crippen molar-refractivity contribution in [2.45, 2.75) is 56.5 Å². The standard InChI is InChI=1S/C15H25N3O2S/c1-12-3-2-7-17(8-6-12)21(19,20)15-9-14(10-16)18(11-15)13-4-5-13/h9,11-13H,2-8,10,16H2,1H3. The van der Waals surface area contributed by atoms with Crippen LogP contribution in [0.2, 0.25) is 0 Å². The molecule has 0 bridgehead atoms. The molecule has 1 saturated heterocycles. The molecule has 1 atom stereocenters. The zero-order chi connectivity index (χ0) is 15.0. The lowest BCUT2D eigenvalue weighted by atomic mass is 10.0. The van der Waals surface area contributed by atoms with Crippen molar-refractivity contribution in [2.75, 3.05) is 13.1 Å². The van der Waals surface area contributed by atoms with E-state index in [4.69, 9.17) is 5.73 Å². The maximum absolute atomic E-state index is 12.8. The van der Waals surface area contributed by atoms with Crippen LogP contribution in [-0.4, -0.2) is 30.4 Å². The molecule has 1 saturated carbocycles. The van der Waals surface area contributed by atoms with Crippen LogP contribution in [0.3, 0.4) is 0 Å². The Morgan fingerprint density at radius 2 is 2.00 bits per heavy atom. The van der Waals surface area contributed by atoms with Gasteiger partial charge in [-0.05, 0) is 44.1 Å². The summed E-state index contributed by atoms with van der Waals surface area (Å²) in [6.45, 7) is 3.87. The summed E-state index contributed by atoms with van der Waals surface area (Å²) in [7, 11) is -3.37. The summed E-state index contributed by atoms with van der Waals surface area (Å²) in [5.74, 6) is 0.612. The summed E-state index contributed by atoms with van der Waals surface area (Å²) in [5.41, 5.74) is 6.70. The van der Waals surface area contributed by atoms with Gasteiger partial charge in [-0.15, -0.1) is 0 Å². The maximum atomic E-state index is 12.8. The molecule has 1 unspecified atom stereocenters. The van der Waals surface area contributed by atoms with Gasteiger partial charge >= 0.3 is 0 Å². The Morgan fingerprint density at radius 3 is 2.67 bits per heavy atom. The molecule has 1 aromatic rings. The molecule has 1 aromatic heterocycles. The van der Waals surface area contributed by atoms with Gasteiger partial charge in [0.1, 0.15) is 4.90 Å². The summed E-state index contributed by atoms with van der Waals surface area (Å²) in [4.78, 5) is 0.421. The SMILES string of the molecule is CC1CCCN(S(=O)(=O)c2cc(CN)n(C3CC3)c2)CC1. The van der Waals surface area contributed by atoms with Gasteiger partial charge in [0, 0.05) is 37.6 Å². The van der Waals surface area contributed by atoms with Crippen molar-refractivity contribution in [2.24, 2.45) is 11.7 Å². The Labute approximate surface area is 127 Å². The van der Waals surface area contributed by atoms with Crippen molar-refractivity contribution in [3.63, 3.8) is 0 Å². The fourth-order valence-electron chi connectivity index (χ4n) is 3.12. The molecule has 1 aliphatic heterocycles. The number of hydrogen-bond donors (Lipinski definition) is 1. The molecular formula is C15H25N3O2S. The average molecular weight is 311 g/mol. The smallest absolute Gasteiger partial charge is 0.244 e. The molecule has 0 aromatic carbocycles. The van der Waals surface area contributed by atoms with Crippen LogP contribution < -0.4 is 5.73 Å². The van der Waals surface area contributed by atoms with Gasteiger partial charge in [0.25, 0.3) is 0 Å². The Morgan fingerprint density at radius 1 is 1.24 bits per heavy atom. The fourth-order valence-corrected chi connectivity index (χ4v) is 4.67. The lowest BCUT2D eigenvalue weighted by molar-refractivity contribution is 0.416. The minimum atomic E-state index is -3.37. The van der Waals surface area contributed by atoms with E-state index in [1.807, 2.05) is 0 Å². The van der Waals surface area contributed by atoms with Gasteiger partial charge in [0.05, 0.1) is 0 Å². The highest BCUT2D eigenvalue weighted by Crippen LogP contribution is 2.37. The molecule has 0 radical (unpaired) electrons. The highest BCUT2D eigenvalue weighted by atomic mass is 32.2. The molecule has 1 aliphatic carbocycles. The number of nitrogens with zero attached hydrogens (tertiary/aromatic N) is 2. The monoisotopic (exact) mass is 311 g/mol. The first kappa shape index (κ1) is 15.1. The van der Waals surface area contributed by atoms with Gasteiger partial charge in [-0.3, -0.25) is 0 Å². The summed E-state index contributed by atoms with van der Waals surface area (Å²) in [5, 5.41) is 0. The topological polar surface area (TPSA) is 68.3 Å². The van der Waals surface area contributed by atoms with Crippen molar-refractivity contribution in [1.29, 1.82) is 0 Å². The van der Waals surface area contributed by atoms with Gasteiger partial charge < -0.3 is 10.3 Å². The normalized spacial score (nSPS) is 25.0. The molecule has 118 valence electrons. The lowest BCUT2D eigenvalue weighted by Crippen LogP contribution is -2.31. The van der Waals surface area contributed by atoms with E-state index in [0.29, 0.717) is 36.5 Å². The minimum Gasteiger partial charge on any atom is -0.346 e. The second-order valence-corrected chi connectivity index (χ2v) is 8.39. The zero-order valence-corrected chi connectivity index (χ0v) is 13.5. The number of aromatic nitrogens is 1. The third-order valence-corrected chi connectivity index (χ3v) is 6.53.